The lowest BCUT2D eigenvalue weighted by Gasteiger charge is -1.96. The summed E-state index contributed by atoms with van der Waals surface area (Å²) in [6, 6.07) is 5.49. The number of carboxylic acid groups (broad SMARTS) is 1. The summed E-state index contributed by atoms with van der Waals surface area (Å²) >= 11 is 1.60. The lowest BCUT2D eigenvalue weighted by atomic mass is 10.1. The van der Waals surface area contributed by atoms with Crippen molar-refractivity contribution in [2.24, 2.45) is 0 Å². The standard InChI is InChI=1S/C12H9N3O2S/c1-6-5-13-11(18-6)7-2-3-8-9(4-7)14-15-10(8)12(16)17/h2-5H,1H3,(H,14,15)(H,16,17). The number of fused-ring (bicyclic) bond motifs is 1. The molecule has 0 unspecified atom stereocenters. The van der Waals surface area contributed by atoms with Gasteiger partial charge in [-0.3, -0.25) is 5.10 Å². The zero-order chi connectivity index (χ0) is 12.7. The number of H-pyrrole nitrogens is 1. The van der Waals surface area contributed by atoms with Crippen molar-refractivity contribution in [1.29, 1.82) is 0 Å². The van der Waals surface area contributed by atoms with Crippen LogP contribution >= 0.6 is 11.3 Å². The maximum absolute atomic E-state index is 10.9. The number of hydrogen-bond donors (Lipinski definition) is 2. The van der Waals surface area contributed by atoms with E-state index in [0.717, 1.165) is 15.4 Å². The van der Waals surface area contributed by atoms with Gasteiger partial charge in [-0.05, 0) is 19.1 Å². The molecule has 0 radical (unpaired) electrons. The van der Waals surface area contributed by atoms with Gasteiger partial charge in [-0.1, -0.05) is 6.07 Å². The number of aromatic carboxylic acids is 1. The number of rotatable bonds is 2. The molecule has 0 bridgehead atoms. The van der Waals surface area contributed by atoms with Gasteiger partial charge in [-0.2, -0.15) is 5.10 Å². The van der Waals surface area contributed by atoms with E-state index in [4.69, 9.17) is 5.11 Å². The highest BCUT2D eigenvalue weighted by Gasteiger charge is 2.13. The number of thiazole rings is 1. The van der Waals surface area contributed by atoms with E-state index in [0.29, 0.717) is 10.9 Å². The molecule has 0 aliphatic heterocycles. The average Bonchev–Trinajstić information content (AvgIpc) is 2.93. The van der Waals surface area contributed by atoms with E-state index in [1.807, 2.05) is 25.3 Å². The van der Waals surface area contributed by atoms with Gasteiger partial charge in [0.05, 0.1) is 5.52 Å². The average molecular weight is 259 g/mol. The number of benzene rings is 1. The van der Waals surface area contributed by atoms with Crippen molar-refractivity contribution in [2.45, 2.75) is 6.92 Å². The molecule has 3 aromatic rings. The van der Waals surface area contributed by atoms with Gasteiger partial charge in [-0.25, -0.2) is 9.78 Å². The topological polar surface area (TPSA) is 78.9 Å². The van der Waals surface area contributed by atoms with Crippen LogP contribution < -0.4 is 0 Å². The molecule has 2 aromatic heterocycles. The van der Waals surface area contributed by atoms with Crippen molar-refractivity contribution < 1.29 is 9.90 Å². The lowest BCUT2D eigenvalue weighted by molar-refractivity contribution is 0.0692. The second-order valence-electron chi connectivity index (χ2n) is 3.91. The summed E-state index contributed by atoms with van der Waals surface area (Å²) < 4.78 is 0. The predicted molar refractivity (Wildman–Crippen MR) is 68.9 cm³/mol. The number of aromatic nitrogens is 3. The molecule has 2 heterocycles. The van der Waals surface area contributed by atoms with Crippen molar-refractivity contribution in [3.05, 3.63) is 35.0 Å². The summed E-state index contributed by atoms with van der Waals surface area (Å²) in [5, 5.41) is 17.0. The fraction of sp³-hybridized carbons (Fsp3) is 0.0833. The van der Waals surface area contributed by atoms with E-state index in [1.165, 1.54) is 0 Å². The molecule has 1 aromatic carbocycles. The fourth-order valence-electron chi connectivity index (χ4n) is 1.80. The van der Waals surface area contributed by atoms with Crippen molar-refractivity contribution in [3.63, 3.8) is 0 Å². The minimum absolute atomic E-state index is 0.0480. The number of hydrogen-bond acceptors (Lipinski definition) is 4. The van der Waals surface area contributed by atoms with Crippen LogP contribution in [0.25, 0.3) is 21.5 Å². The van der Waals surface area contributed by atoms with E-state index >= 15 is 0 Å². The molecule has 0 spiro atoms. The quantitative estimate of drug-likeness (QED) is 0.741. The van der Waals surface area contributed by atoms with Gasteiger partial charge in [-0.15, -0.1) is 11.3 Å². The van der Waals surface area contributed by atoms with E-state index in [1.54, 1.807) is 17.4 Å². The first-order valence-corrected chi connectivity index (χ1v) is 6.11. The summed E-state index contributed by atoms with van der Waals surface area (Å²) in [5.41, 5.74) is 1.71. The minimum Gasteiger partial charge on any atom is -0.476 e. The second kappa shape index (κ2) is 3.92. The predicted octanol–water partition coefficient (Wildman–Crippen LogP) is 2.69. The normalized spacial score (nSPS) is 10.9. The molecule has 5 nitrogen and oxygen atoms in total. The Labute approximate surface area is 106 Å². The zero-order valence-electron chi connectivity index (χ0n) is 9.47. The van der Waals surface area contributed by atoms with Crippen LogP contribution in [0, 0.1) is 6.92 Å². The molecule has 0 fully saturated rings. The monoisotopic (exact) mass is 259 g/mol. The Hall–Kier alpha value is -2.21. The van der Waals surface area contributed by atoms with Crippen LogP contribution in [0.15, 0.2) is 24.4 Å². The van der Waals surface area contributed by atoms with Gasteiger partial charge in [0.2, 0.25) is 0 Å². The van der Waals surface area contributed by atoms with Gasteiger partial charge in [0.25, 0.3) is 0 Å². The third kappa shape index (κ3) is 1.67. The first-order valence-electron chi connectivity index (χ1n) is 5.29. The van der Waals surface area contributed by atoms with Gasteiger partial charge in [0, 0.05) is 22.0 Å². The van der Waals surface area contributed by atoms with Crippen LogP contribution in [0.2, 0.25) is 0 Å². The van der Waals surface area contributed by atoms with E-state index in [-0.39, 0.29) is 5.69 Å². The molecule has 90 valence electrons. The molecular weight excluding hydrogens is 250 g/mol. The van der Waals surface area contributed by atoms with Crippen molar-refractivity contribution in [1.82, 2.24) is 15.2 Å². The summed E-state index contributed by atoms with van der Waals surface area (Å²) in [6.07, 6.45) is 1.82. The van der Waals surface area contributed by atoms with Crippen molar-refractivity contribution >= 4 is 28.2 Å². The summed E-state index contributed by atoms with van der Waals surface area (Å²) in [4.78, 5) is 16.4. The van der Waals surface area contributed by atoms with Gasteiger partial charge in [0.15, 0.2) is 5.69 Å². The van der Waals surface area contributed by atoms with Crippen LogP contribution in [0.4, 0.5) is 0 Å². The lowest BCUT2D eigenvalue weighted by Crippen LogP contribution is -1.96. The molecule has 6 heteroatoms. The number of carbonyl (C=O) groups is 1. The Kier molecular flexibility index (Phi) is 2.38. The molecule has 0 amide bonds. The molecular formula is C12H9N3O2S. The molecule has 0 saturated heterocycles. The van der Waals surface area contributed by atoms with Crippen molar-refractivity contribution in [2.75, 3.05) is 0 Å². The van der Waals surface area contributed by atoms with E-state index in [9.17, 15) is 4.79 Å². The maximum Gasteiger partial charge on any atom is 0.357 e. The Bertz CT molecular complexity index is 745. The Morgan fingerprint density at radius 1 is 1.44 bits per heavy atom. The highest BCUT2D eigenvalue weighted by atomic mass is 32.1. The Balaban J connectivity index is 2.15. The number of aryl methyl sites for hydroxylation is 1. The van der Waals surface area contributed by atoms with Crippen LogP contribution in [0.3, 0.4) is 0 Å². The summed E-state index contributed by atoms with van der Waals surface area (Å²) in [6.45, 7) is 2.00. The minimum atomic E-state index is -1.03. The van der Waals surface area contributed by atoms with Crippen LogP contribution in [0.5, 0.6) is 0 Å². The molecule has 3 rings (SSSR count). The van der Waals surface area contributed by atoms with Crippen LogP contribution in [-0.2, 0) is 0 Å². The van der Waals surface area contributed by atoms with Crippen molar-refractivity contribution in [3.8, 4) is 10.6 Å². The maximum atomic E-state index is 10.9. The molecule has 0 saturated carbocycles. The number of nitrogens with zero attached hydrogens (tertiary/aromatic N) is 2. The SMILES string of the molecule is Cc1cnc(-c2ccc3c(C(=O)O)n[nH]c3c2)s1. The second-order valence-corrected chi connectivity index (χ2v) is 5.15. The summed E-state index contributed by atoms with van der Waals surface area (Å²) in [5.74, 6) is -1.03. The third-order valence-electron chi connectivity index (χ3n) is 2.63. The largest absolute Gasteiger partial charge is 0.476 e. The Morgan fingerprint density at radius 3 is 2.94 bits per heavy atom. The van der Waals surface area contributed by atoms with Crippen LogP contribution in [-0.4, -0.2) is 26.3 Å². The number of carboxylic acids is 1. The molecule has 0 aliphatic carbocycles. The van der Waals surface area contributed by atoms with E-state index in [2.05, 4.69) is 15.2 Å². The van der Waals surface area contributed by atoms with Gasteiger partial charge < -0.3 is 5.11 Å². The number of nitrogens with one attached hydrogen (secondary N) is 1. The summed E-state index contributed by atoms with van der Waals surface area (Å²) in [7, 11) is 0. The smallest absolute Gasteiger partial charge is 0.357 e. The molecule has 0 atom stereocenters. The first kappa shape index (κ1) is 10.9. The molecule has 0 aliphatic rings. The zero-order valence-corrected chi connectivity index (χ0v) is 10.3. The van der Waals surface area contributed by atoms with Gasteiger partial charge >= 0.3 is 5.97 Å². The first-order chi connectivity index (χ1) is 8.65. The van der Waals surface area contributed by atoms with Gasteiger partial charge in [0.1, 0.15) is 5.01 Å². The Morgan fingerprint density at radius 2 is 2.28 bits per heavy atom. The third-order valence-corrected chi connectivity index (χ3v) is 3.60. The molecule has 2 N–H and O–H groups in total. The highest BCUT2D eigenvalue weighted by molar-refractivity contribution is 7.14. The molecule has 18 heavy (non-hydrogen) atoms. The van der Waals surface area contributed by atoms with Crippen LogP contribution in [0.1, 0.15) is 15.4 Å². The number of aromatic amines is 1. The highest BCUT2D eigenvalue weighted by Crippen LogP contribution is 2.28. The fourth-order valence-corrected chi connectivity index (χ4v) is 2.56. The van der Waals surface area contributed by atoms with E-state index < -0.39 is 5.97 Å².